The fraction of sp³-hybridized carbons (Fsp3) is 0.381. The molecule has 0 amide bonds. The Morgan fingerprint density at radius 2 is 2.03 bits per heavy atom. The van der Waals surface area contributed by atoms with Crippen LogP contribution < -0.4 is 5.73 Å². The van der Waals surface area contributed by atoms with Crippen molar-refractivity contribution in [2.75, 3.05) is 17.2 Å². The number of thioether (sulfide) groups is 1. The number of fused-ring (bicyclic) bond motifs is 2. The molecule has 1 aliphatic rings. The predicted molar refractivity (Wildman–Crippen MR) is 120 cm³/mol. The Morgan fingerprint density at radius 3 is 2.94 bits per heavy atom. The lowest BCUT2D eigenvalue weighted by Gasteiger charge is -2.16. The minimum Gasteiger partial charge on any atom is -0.387 e. The van der Waals surface area contributed by atoms with E-state index >= 15 is 0 Å². The van der Waals surface area contributed by atoms with Crippen molar-refractivity contribution in [3.63, 3.8) is 0 Å². The van der Waals surface area contributed by atoms with Gasteiger partial charge in [0.2, 0.25) is 0 Å². The molecule has 162 valence electrons. The maximum absolute atomic E-state index is 10.5. The van der Waals surface area contributed by atoms with Crippen molar-refractivity contribution in [1.82, 2.24) is 24.5 Å². The van der Waals surface area contributed by atoms with Gasteiger partial charge in [-0.05, 0) is 30.2 Å². The standard InChI is InChI=1S/C21H24N6O3S/c22-19-16-20(25-10-24-19)27(11-26-16)21-18(29)17(28)15(30-21)9-31-7-3-4-12-8-23-14-6-2-1-5-13(12)14/h1-2,5-6,8,10-11,15,17-18,21,23,28-29H,3-4,7,9H2,(H2,22,24,25)/t15-,17-,18-,21-/m1/s1. The molecule has 4 heterocycles. The molecule has 10 heteroatoms. The molecule has 0 saturated carbocycles. The number of benzene rings is 1. The SMILES string of the molecule is Nc1ncnc2c1ncn2[C@@H]1O[C@H](CSCCCc2c[nH]c3ccccc23)[C@@H](O)[C@H]1O. The van der Waals surface area contributed by atoms with Gasteiger partial charge in [-0.1, -0.05) is 18.2 Å². The number of imidazole rings is 1. The fourth-order valence-electron chi connectivity index (χ4n) is 4.06. The maximum atomic E-state index is 10.5. The van der Waals surface area contributed by atoms with E-state index in [0.717, 1.165) is 24.1 Å². The fourth-order valence-corrected chi connectivity index (χ4v) is 5.08. The quantitative estimate of drug-likeness (QED) is 0.320. The van der Waals surface area contributed by atoms with E-state index in [1.807, 2.05) is 6.07 Å². The van der Waals surface area contributed by atoms with Gasteiger partial charge in [-0.15, -0.1) is 0 Å². The van der Waals surface area contributed by atoms with Gasteiger partial charge in [-0.3, -0.25) is 4.57 Å². The monoisotopic (exact) mass is 440 g/mol. The van der Waals surface area contributed by atoms with E-state index in [4.69, 9.17) is 10.5 Å². The van der Waals surface area contributed by atoms with Crippen molar-refractivity contribution in [2.45, 2.75) is 37.4 Å². The van der Waals surface area contributed by atoms with E-state index in [9.17, 15) is 10.2 Å². The Morgan fingerprint density at radius 1 is 1.16 bits per heavy atom. The van der Waals surface area contributed by atoms with Crippen molar-refractivity contribution in [3.8, 4) is 0 Å². The molecule has 31 heavy (non-hydrogen) atoms. The van der Waals surface area contributed by atoms with Crippen LogP contribution in [0.5, 0.6) is 0 Å². The molecule has 5 N–H and O–H groups in total. The summed E-state index contributed by atoms with van der Waals surface area (Å²) in [5, 5.41) is 22.3. The van der Waals surface area contributed by atoms with Crippen LogP contribution in [0.1, 0.15) is 18.2 Å². The number of nitrogens with zero attached hydrogens (tertiary/aromatic N) is 4. The van der Waals surface area contributed by atoms with Gasteiger partial charge >= 0.3 is 0 Å². The Bertz CT molecular complexity index is 1190. The molecule has 9 nitrogen and oxygen atoms in total. The Hall–Kier alpha value is -2.66. The number of para-hydroxylation sites is 1. The first kappa shape index (κ1) is 20.3. The molecule has 4 atom stereocenters. The number of rotatable bonds is 7. The lowest BCUT2D eigenvalue weighted by atomic mass is 10.1. The number of ether oxygens (including phenoxy) is 1. The van der Waals surface area contributed by atoms with Gasteiger partial charge < -0.3 is 25.7 Å². The molecule has 1 fully saturated rings. The summed E-state index contributed by atoms with van der Waals surface area (Å²) in [5.41, 5.74) is 9.22. The van der Waals surface area contributed by atoms with Crippen molar-refractivity contribution >= 4 is 39.6 Å². The Labute approximate surface area is 182 Å². The number of aryl methyl sites for hydroxylation is 1. The molecule has 0 unspecified atom stereocenters. The minimum absolute atomic E-state index is 0.263. The summed E-state index contributed by atoms with van der Waals surface area (Å²) < 4.78 is 7.58. The highest BCUT2D eigenvalue weighted by atomic mass is 32.2. The van der Waals surface area contributed by atoms with Crippen LogP contribution in [-0.2, 0) is 11.2 Å². The number of anilines is 1. The summed E-state index contributed by atoms with van der Waals surface area (Å²) in [5.74, 6) is 1.79. The third kappa shape index (κ3) is 3.76. The van der Waals surface area contributed by atoms with Crippen molar-refractivity contribution < 1.29 is 14.9 Å². The second-order valence-corrected chi connectivity index (χ2v) is 8.82. The number of nitrogens with one attached hydrogen (secondary N) is 1. The number of H-pyrrole nitrogens is 1. The summed E-state index contributed by atoms with van der Waals surface area (Å²) in [6, 6.07) is 8.30. The molecule has 4 aromatic rings. The first-order valence-electron chi connectivity index (χ1n) is 10.2. The van der Waals surface area contributed by atoms with Gasteiger partial charge in [0, 0.05) is 22.9 Å². The number of hydrogen-bond acceptors (Lipinski definition) is 8. The lowest BCUT2D eigenvalue weighted by Crippen LogP contribution is -2.32. The lowest BCUT2D eigenvalue weighted by molar-refractivity contribution is -0.0289. The van der Waals surface area contributed by atoms with E-state index < -0.39 is 24.5 Å². The van der Waals surface area contributed by atoms with Gasteiger partial charge in [-0.2, -0.15) is 11.8 Å². The second kappa shape index (κ2) is 8.46. The average Bonchev–Trinajstić information content (AvgIpc) is 3.46. The third-order valence-electron chi connectivity index (χ3n) is 5.69. The minimum atomic E-state index is -1.08. The summed E-state index contributed by atoms with van der Waals surface area (Å²) in [6.45, 7) is 0. The smallest absolute Gasteiger partial charge is 0.167 e. The van der Waals surface area contributed by atoms with Crippen LogP contribution in [0.4, 0.5) is 5.82 Å². The van der Waals surface area contributed by atoms with Crippen LogP contribution in [0.3, 0.4) is 0 Å². The van der Waals surface area contributed by atoms with Gasteiger partial charge in [0.15, 0.2) is 17.7 Å². The van der Waals surface area contributed by atoms with E-state index in [0.29, 0.717) is 16.9 Å². The molecule has 1 aromatic carbocycles. The summed E-state index contributed by atoms with van der Waals surface area (Å²) >= 11 is 1.71. The number of nitrogen functional groups attached to an aromatic ring is 1. The average molecular weight is 441 g/mol. The van der Waals surface area contributed by atoms with Crippen molar-refractivity contribution in [1.29, 1.82) is 0 Å². The summed E-state index contributed by atoms with van der Waals surface area (Å²) in [7, 11) is 0. The molecule has 0 radical (unpaired) electrons. The zero-order valence-corrected chi connectivity index (χ0v) is 17.6. The van der Waals surface area contributed by atoms with Crippen molar-refractivity contribution in [3.05, 3.63) is 48.7 Å². The molecule has 5 rings (SSSR count). The molecule has 3 aromatic heterocycles. The maximum Gasteiger partial charge on any atom is 0.167 e. The number of aromatic nitrogens is 5. The van der Waals surface area contributed by atoms with Crippen LogP contribution in [-0.4, -0.2) is 64.5 Å². The third-order valence-corrected chi connectivity index (χ3v) is 6.83. The molecule has 0 spiro atoms. The van der Waals surface area contributed by atoms with Gasteiger partial charge in [-0.25, -0.2) is 15.0 Å². The molecule has 0 aliphatic carbocycles. The molecule has 1 aliphatic heterocycles. The molecular weight excluding hydrogens is 416 g/mol. The normalized spacial score (nSPS) is 23.8. The first-order chi connectivity index (χ1) is 15.1. The molecular formula is C21H24N6O3S. The number of nitrogens with two attached hydrogens (primary N) is 1. The topological polar surface area (TPSA) is 135 Å². The van der Waals surface area contributed by atoms with Crippen LogP contribution >= 0.6 is 11.8 Å². The van der Waals surface area contributed by atoms with Crippen LogP contribution in [0.2, 0.25) is 0 Å². The number of hydrogen-bond donors (Lipinski definition) is 4. The van der Waals surface area contributed by atoms with Crippen LogP contribution in [0, 0.1) is 0 Å². The zero-order valence-electron chi connectivity index (χ0n) is 16.8. The summed E-state index contributed by atoms with van der Waals surface area (Å²) in [6.07, 6.45) is 3.62. The zero-order chi connectivity index (χ0) is 21.4. The predicted octanol–water partition coefficient (Wildman–Crippen LogP) is 1.87. The van der Waals surface area contributed by atoms with Crippen LogP contribution in [0.25, 0.3) is 22.1 Å². The van der Waals surface area contributed by atoms with E-state index in [-0.39, 0.29) is 5.82 Å². The van der Waals surface area contributed by atoms with E-state index in [1.165, 1.54) is 23.6 Å². The highest BCUT2D eigenvalue weighted by Gasteiger charge is 2.44. The first-order valence-corrected chi connectivity index (χ1v) is 11.4. The molecule has 1 saturated heterocycles. The van der Waals surface area contributed by atoms with Gasteiger partial charge in [0.25, 0.3) is 0 Å². The van der Waals surface area contributed by atoms with E-state index in [2.05, 4.69) is 44.3 Å². The number of aliphatic hydroxyl groups excluding tert-OH is 2. The van der Waals surface area contributed by atoms with Gasteiger partial charge in [0.05, 0.1) is 12.4 Å². The van der Waals surface area contributed by atoms with Gasteiger partial charge in [0.1, 0.15) is 24.1 Å². The number of aromatic amines is 1. The summed E-state index contributed by atoms with van der Waals surface area (Å²) in [4.78, 5) is 15.6. The Balaban J connectivity index is 1.16. The number of aliphatic hydroxyl groups is 2. The van der Waals surface area contributed by atoms with Crippen molar-refractivity contribution in [2.24, 2.45) is 0 Å². The van der Waals surface area contributed by atoms with E-state index in [1.54, 1.807) is 16.3 Å². The highest BCUT2D eigenvalue weighted by molar-refractivity contribution is 7.99. The second-order valence-electron chi connectivity index (χ2n) is 7.67. The Kier molecular flexibility index (Phi) is 5.53. The molecule has 0 bridgehead atoms. The van der Waals surface area contributed by atoms with Crippen LogP contribution in [0.15, 0.2) is 43.1 Å². The largest absolute Gasteiger partial charge is 0.387 e. The highest BCUT2D eigenvalue weighted by Crippen LogP contribution is 2.33.